The Balaban J connectivity index is 2.10. The Morgan fingerprint density at radius 3 is 2.29 bits per heavy atom. The lowest BCUT2D eigenvalue weighted by atomic mass is 10.2. The van der Waals surface area contributed by atoms with Crippen molar-refractivity contribution >= 4 is 10.0 Å². The fraction of sp³-hybridized carbons (Fsp3) is 0.333. The standard InChI is InChI=1S/C18H23NO4S/c1-13(2)23-18-10-9-17(11-14(18)3)24(20,21)19-12-15-5-7-16(22-4)8-6-15/h5-11,13,19H,12H2,1-4H3. The second-order valence-corrected chi connectivity index (χ2v) is 7.53. The second kappa shape index (κ2) is 7.68. The average molecular weight is 349 g/mol. The molecule has 0 bridgehead atoms. The summed E-state index contributed by atoms with van der Waals surface area (Å²) in [6.45, 7) is 5.91. The summed E-state index contributed by atoms with van der Waals surface area (Å²) in [6, 6.07) is 12.1. The van der Waals surface area contributed by atoms with E-state index in [2.05, 4.69) is 4.72 Å². The molecule has 0 aliphatic carbocycles. The topological polar surface area (TPSA) is 64.6 Å². The van der Waals surface area contributed by atoms with Gasteiger partial charge in [-0.15, -0.1) is 0 Å². The summed E-state index contributed by atoms with van der Waals surface area (Å²) in [6.07, 6.45) is 0.0411. The van der Waals surface area contributed by atoms with Crippen molar-refractivity contribution in [1.82, 2.24) is 4.72 Å². The van der Waals surface area contributed by atoms with Gasteiger partial charge in [-0.3, -0.25) is 0 Å². The fourth-order valence-electron chi connectivity index (χ4n) is 2.18. The van der Waals surface area contributed by atoms with Gasteiger partial charge in [-0.25, -0.2) is 13.1 Å². The van der Waals surface area contributed by atoms with Crippen LogP contribution >= 0.6 is 0 Å². The third-order valence-corrected chi connectivity index (χ3v) is 4.84. The Morgan fingerprint density at radius 1 is 1.08 bits per heavy atom. The molecule has 0 aromatic heterocycles. The van der Waals surface area contributed by atoms with E-state index in [1.807, 2.05) is 32.9 Å². The van der Waals surface area contributed by atoms with Gasteiger partial charge in [0.25, 0.3) is 0 Å². The predicted molar refractivity (Wildman–Crippen MR) is 94.0 cm³/mol. The van der Waals surface area contributed by atoms with Crippen molar-refractivity contribution in [3.05, 3.63) is 53.6 Å². The largest absolute Gasteiger partial charge is 0.497 e. The Bertz CT molecular complexity index is 783. The molecule has 0 radical (unpaired) electrons. The molecule has 2 aromatic carbocycles. The van der Waals surface area contributed by atoms with Crippen LogP contribution in [0.25, 0.3) is 0 Å². The molecule has 0 saturated heterocycles. The van der Waals surface area contributed by atoms with E-state index in [0.717, 1.165) is 16.9 Å². The van der Waals surface area contributed by atoms with Gasteiger partial charge >= 0.3 is 0 Å². The zero-order chi connectivity index (χ0) is 17.7. The normalized spacial score (nSPS) is 11.5. The van der Waals surface area contributed by atoms with Crippen molar-refractivity contribution in [2.24, 2.45) is 0 Å². The number of ether oxygens (including phenoxy) is 2. The van der Waals surface area contributed by atoms with Crippen LogP contribution in [-0.2, 0) is 16.6 Å². The van der Waals surface area contributed by atoms with Crippen LogP contribution in [0.3, 0.4) is 0 Å². The van der Waals surface area contributed by atoms with Gasteiger partial charge in [0.1, 0.15) is 11.5 Å². The first-order valence-corrected chi connectivity index (χ1v) is 9.20. The van der Waals surface area contributed by atoms with Crippen molar-refractivity contribution in [2.45, 2.75) is 38.3 Å². The van der Waals surface area contributed by atoms with E-state index in [1.165, 1.54) is 0 Å². The van der Waals surface area contributed by atoms with Gasteiger partial charge in [-0.05, 0) is 62.2 Å². The van der Waals surface area contributed by atoms with E-state index < -0.39 is 10.0 Å². The Hall–Kier alpha value is -2.05. The van der Waals surface area contributed by atoms with Crippen molar-refractivity contribution in [3.8, 4) is 11.5 Å². The molecule has 0 fully saturated rings. The number of nitrogens with one attached hydrogen (secondary N) is 1. The predicted octanol–water partition coefficient (Wildman–Crippen LogP) is 3.27. The Kier molecular flexibility index (Phi) is 5.85. The molecule has 24 heavy (non-hydrogen) atoms. The molecule has 0 unspecified atom stereocenters. The third kappa shape index (κ3) is 4.72. The molecule has 0 spiro atoms. The van der Waals surface area contributed by atoms with Gasteiger partial charge in [-0.1, -0.05) is 12.1 Å². The van der Waals surface area contributed by atoms with Gasteiger partial charge in [-0.2, -0.15) is 0 Å². The number of benzene rings is 2. The van der Waals surface area contributed by atoms with Gasteiger partial charge in [0, 0.05) is 6.54 Å². The molecule has 0 aliphatic heterocycles. The quantitative estimate of drug-likeness (QED) is 0.833. The Labute approximate surface area is 143 Å². The highest BCUT2D eigenvalue weighted by Crippen LogP contribution is 2.23. The smallest absolute Gasteiger partial charge is 0.240 e. The van der Waals surface area contributed by atoms with Crippen molar-refractivity contribution < 1.29 is 17.9 Å². The minimum atomic E-state index is -3.58. The number of methoxy groups -OCH3 is 1. The van der Waals surface area contributed by atoms with E-state index in [4.69, 9.17) is 9.47 Å². The minimum Gasteiger partial charge on any atom is -0.497 e. The first kappa shape index (κ1) is 18.3. The van der Waals surface area contributed by atoms with Crippen LogP contribution in [0.2, 0.25) is 0 Å². The van der Waals surface area contributed by atoms with Gasteiger partial charge in [0.15, 0.2) is 0 Å². The fourth-order valence-corrected chi connectivity index (χ4v) is 3.28. The monoisotopic (exact) mass is 349 g/mol. The maximum atomic E-state index is 12.4. The third-order valence-electron chi connectivity index (χ3n) is 3.44. The highest BCUT2D eigenvalue weighted by molar-refractivity contribution is 7.89. The van der Waals surface area contributed by atoms with E-state index in [1.54, 1.807) is 37.4 Å². The van der Waals surface area contributed by atoms with Gasteiger partial charge in [0.2, 0.25) is 10.0 Å². The molecule has 0 aliphatic rings. The molecule has 1 N–H and O–H groups in total. The lowest BCUT2D eigenvalue weighted by Gasteiger charge is -2.14. The number of rotatable bonds is 7. The van der Waals surface area contributed by atoms with Gasteiger partial charge in [0.05, 0.1) is 18.1 Å². The van der Waals surface area contributed by atoms with Crippen LogP contribution in [0, 0.1) is 6.92 Å². The highest BCUT2D eigenvalue weighted by Gasteiger charge is 2.15. The van der Waals surface area contributed by atoms with Crippen molar-refractivity contribution in [1.29, 1.82) is 0 Å². The summed E-state index contributed by atoms with van der Waals surface area (Å²) >= 11 is 0. The summed E-state index contributed by atoms with van der Waals surface area (Å²) < 4.78 is 38.2. The molecule has 0 atom stereocenters. The molecular weight excluding hydrogens is 326 g/mol. The number of aryl methyl sites for hydroxylation is 1. The number of sulfonamides is 1. The van der Waals surface area contributed by atoms with Gasteiger partial charge < -0.3 is 9.47 Å². The minimum absolute atomic E-state index is 0.0411. The summed E-state index contributed by atoms with van der Waals surface area (Å²) in [5.74, 6) is 1.43. The number of hydrogen-bond acceptors (Lipinski definition) is 4. The first-order chi connectivity index (χ1) is 11.3. The average Bonchev–Trinajstić information content (AvgIpc) is 2.55. The molecular formula is C18H23NO4S. The maximum Gasteiger partial charge on any atom is 0.240 e. The first-order valence-electron chi connectivity index (χ1n) is 7.71. The Morgan fingerprint density at radius 2 is 1.75 bits per heavy atom. The molecule has 5 nitrogen and oxygen atoms in total. The molecule has 130 valence electrons. The van der Waals surface area contributed by atoms with Crippen LogP contribution in [0.1, 0.15) is 25.0 Å². The molecule has 6 heteroatoms. The van der Waals surface area contributed by atoms with Crippen LogP contribution in [0.4, 0.5) is 0 Å². The summed E-state index contributed by atoms with van der Waals surface area (Å²) in [4.78, 5) is 0.226. The summed E-state index contributed by atoms with van der Waals surface area (Å²) in [5.41, 5.74) is 1.65. The van der Waals surface area contributed by atoms with E-state index in [-0.39, 0.29) is 17.5 Å². The lowest BCUT2D eigenvalue weighted by molar-refractivity contribution is 0.240. The zero-order valence-electron chi connectivity index (χ0n) is 14.4. The van der Waals surface area contributed by atoms with E-state index >= 15 is 0 Å². The molecule has 0 heterocycles. The SMILES string of the molecule is COc1ccc(CNS(=O)(=O)c2ccc(OC(C)C)c(C)c2)cc1. The molecule has 2 rings (SSSR count). The van der Waals surface area contributed by atoms with Crippen LogP contribution in [-0.4, -0.2) is 21.6 Å². The van der Waals surface area contributed by atoms with E-state index in [9.17, 15) is 8.42 Å². The number of hydrogen-bond donors (Lipinski definition) is 1. The van der Waals surface area contributed by atoms with Crippen LogP contribution in [0.15, 0.2) is 47.4 Å². The van der Waals surface area contributed by atoms with Crippen molar-refractivity contribution in [2.75, 3.05) is 7.11 Å². The second-order valence-electron chi connectivity index (χ2n) is 5.77. The summed E-state index contributed by atoms with van der Waals surface area (Å²) in [5, 5.41) is 0. The lowest BCUT2D eigenvalue weighted by Crippen LogP contribution is -2.23. The van der Waals surface area contributed by atoms with Crippen molar-refractivity contribution in [3.63, 3.8) is 0 Å². The maximum absolute atomic E-state index is 12.4. The molecule has 0 saturated carbocycles. The molecule has 0 amide bonds. The summed E-state index contributed by atoms with van der Waals surface area (Å²) in [7, 11) is -1.99. The van der Waals surface area contributed by atoms with Crippen LogP contribution < -0.4 is 14.2 Å². The molecule has 2 aromatic rings. The van der Waals surface area contributed by atoms with E-state index in [0.29, 0.717) is 5.75 Å². The zero-order valence-corrected chi connectivity index (χ0v) is 15.2. The van der Waals surface area contributed by atoms with Crippen LogP contribution in [0.5, 0.6) is 11.5 Å². The highest BCUT2D eigenvalue weighted by atomic mass is 32.2.